The van der Waals surface area contributed by atoms with E-state index in [1.54, 1.807) is 0 Å². The zero-order valence-corrected chi connectivity index (χ0v) is 14.1. The van der Waals surface area contributed by atoms with Gasteiger partial charge in [0, 0.05) is 5.56 Å². The van der Waals surface area contributed by atoms with Crippen LogP contribution >= 0.6 is 0 Å². The minimum Gasteiger partial charge on any atom is -0.505 e. The molecule has 3 aromatic rings. The first-order chi connectivity index (χ1) is 10.9. The second kappa shape index (κ2) is 5.69. The lowest BCUT2D eigenvalue weighted by molar-refractivity contribution is 0.375. The van der Waals surface area contributed by atoms with Crippen LogP contribution in [0, 0.1) is 5.92 Å². The maximum atomic E-state index is 10.8. The van der Waals surface area contributed by atoms with E-state index in [-0.39, 0.29) is 11.2 Å². The van der Waals surface area contributed by atoms with Gasteiger partial charge < -0.3 is 5.11 Å². The average molecular weight is 309 g/mol. The summed E-state index contributed by atoms with van der Waals surface area (Å²) in [7, 11) is 0. The molecular formula is C19H23N3O. The van der Waals surface area contributed by atoms with Crippen LogP contribution in [0.1, 0.15) is 39.7 Å². The standard InChI is InChI=1S/C19H23N3O/c1-13(2)12-19(3,4)14-8-7-11-17(18(14)23)22-20-15-9-5-6-10-16(15)21-22/h5-11,13,23H,12H2,1-4H3. The third-order valence-corrected chi connectivity index (χ3v) is 4.16. The molecule has 0 aliphatic rings. The smallest absolute Gasteiger partial charge is 0.146 e. The normalized spacial score (nSPS) is 12.2. The third kappa shape index (κ3) is 2.93. The van der Waals surface area contributed by atoms with Gasteiger partial charge in [-0.3, -0.25) is 0 Å². The number of phenolic OH excluding ortho intramolecular Hbond substituents is 1. The van der Waals surface area contributed by atoms with E-state index < -0.39 is 0 Å². The summed E-state index contributed by atoms with van der Waals surface area (Å²) in [4.78, 5) is 1.52. The van der Waals surface area contributed by atoms with Crippen molar-refractivity contribution < 1.29 is 5.11 Å². The van der Waals surface area contributed by atoms with Gasteiger partial charge in [0.1, 0.15) is 22.5 Å². The van der Waals surface area contributed by atoms with Gasteiger partial charge in [-0.2, -0.15) is 0 Å². The lowest BCUT2D eigenvalue weighted by Gasteiger charge is -2.28. The predicted molar refractivity (Wildman–Crippen MR) is 93.0 cm³/mol. The number of rotatable bonds is 4. The Bertz CT molecular complexity index is 801. The number of phenols is 1. The van der Waals surface area contributed by atoms with E-state index in [1.807, 2.05) is 42.5 Å². The summed E-state index contributed by atoms with van der Waals surface area (Å²) in [5.41, 5.74) is 3.08. The third-order valence-electron chi connectivity index (χ3n) is 4.16. The second-order valence-corrected chi connectivity index (χ2v) is 7.13. The number of aromatic hydroxyl groups is 1. The summed E-state index contributed by atoms with van der Waals surface area (Å²) in [6.07, 6.45) is 0.999. The Morgan fingerprint density at radius 2 is 1.61 bits per heavy atom. The van der Waals surface area contributed by atoms with E-state index in [9.17, 15) is 5.11 Å². The van der Waals surface area contributed by atoms with Gasteiger partial charge in [0.2, 0.25) is 0 Å². The predicted octanol–water partition coefficient (Wildman–Crippen LogP) is 4.45. The first kappa shape index (κ1) is 15.5. The minimum absolute atomic E-state index is 0.110. The van der Waals surface area contributed by atoms with Crippen LogP contribution < -0.4 is 0 Å². The van der Waals surface area contributed by atoms with Gasteiger partial charge in [-0.25, -0.2) is 0 Å². The van der Waals surface area contributed by atoms with Crippen molar-refractivity contribution in [2.75, 3.05) is 0 Å². The molecule has 0 saturated carbocycles. The topological polar surface area (TPSA) is 50.9 Å². The van der Waals surface area contributed by atoms with Crippen molar-refractivity contribution in [2.24, 2.45) is 5.92 Å². The monoisotopic (exact) mass is 309 g/mol. The lowest BCUT2D eigenvalue weighted by atomic mass is 9.77. The largest absolute Gasteiger partial charge is 0.505 e. The molecule has 3 rings (SSSR count). The van der Waals surface area contributed by atoms with Crippen molar-refractivity contribution >= 4 is 11.0 Å². The highest BCUT2D eigenvalue weighted by atomic mass is 16.3. The van der Waals surface area contributed by atoms with Crippen molar-refractivity contribution in [3.8, 4) is 11.4 Å². The molecule has 0 aliphatic heterocycles. The summed E-state index contributed by atoms with van der Waals surface area (Å²) in [5, 5.41) is 19.8. The lowest BCUT2D eigenvalue weighted by Crippen LogP contribution is -2.20. The molecule has 0 fully saturated rings. The fraction of sp³-hybridized carbons (Fsp3) is 0.368. The summed E-state index contributed by atoms with van der Waals surface area (Å²) in [5.74, 6) is 0.817. The van der Waals surface area contributed by atoms with Gasteiger partial charge >= 0.3 is 0 Å². The number of aromatic nitrogens is 3. The molecule has 0 spiro atoms. The maximum Gasteiger partial charge on any atom is 0.146 e. The number of hydrogen-bond donors (Lipinski definition) is 1. The Morgan fingerprint density at radius 1 is 1.00 bits per heavy atom. The molecular weight excluding hydrogens is 286 g/mol. The maximum absolute atomic E-state index is 10.8. The van der Waals surface area contributed by atoms with E-state index in [2.05, 4.69) is 37.9 Å². The molecule has 1 aromatic heterocycles. The first-order valence-corrected chi connectivity index (χ1v) is 8.03. The van der Waals surface area contributed by atoms with Crippen LogP contribution in [0.4, 0.5) is 0 Å². The average Bonchev–Trinajstić information content (AvgIpc) is 2.89. The zero-order chi connectivity index (χ0) is 16.6. The van der Waals surface area contributed by atoms with Crippen molar-refractivity contribution in [1.29, 1.82) is 0 Å². The quantitative estimate of drug-likeness (QED) is 0.774. The fourth-order valence-corrected chi connectivity index (χ4v) is 3.34. The highest BCUT2D eigenvalue weighted by Crippen LogP contribution is 2.38. The molecule has 0 atom stereocenters. The molecule has 4 heteroatoms. The first-order valence-electron chi connectivity index (χ1n) is 8.03. The molecule has 120 valence electrons. The summed E-state index contributed by atoms with van der Waals surface area (Å²) in [6, 6.07) is 13.5. The molecule has 0 amide bonds. The van der Waals surface area contributed by atoms with E-state index >= 15 is 0 Å². The van der Waals surface area contributed by atoms with Gasteiger partial charge in [0.05, 0.1) is 0 Å². The molecule has 23 heavy (non-hydrogen) atoms. The van der Waals surface area contributed by atoms with E-state index in [0.29, 0.717) is 11.6 Å². The van der Waals surface area contributed by atoms with E-state index in [1.165, 1.54) is 4.80 Å². The van der Waals surface area contributed by atoms with Gasteiger partial charge in [0.15, 0.2) is 0 Å². The van der Waals surface area contributed by atoms with Gasteiger partial charge in [-0.1, -0.05) is 52.0 Å². The molecule has 4 nitrogen and oxygen atoms in total. The second-order valence-electron chi connectivity index (χ2n) is 7.13. The number of hydrogen-bond acceptors (Lipinski definition) is 3. The molecule has 0 aliphatic carbocycles. The molecule has 0 saturated heterocycles. The Morgan fingerprint density at radius 3 is 2.17 bits per heavy atom. The molecule has 2 aromatic carbocycles. The molecule has 0 bridgehead atoms. The Kier molecular flexibility index (Phi) is 3.84. The van der Waals surface area contributed by atoms with Crippen LogP contribution in [-0.2, 0) is 5.41 Å². The van der Waals surface area contributed by atoms with Gasteiger partial charge in [0.25, 0.3) is 0 Å². The Labute approximate surface area is 136 Å². The molecule has 0 radical (unpaired) electrons. The number of benzene rings is 2. The van der Waals surface area contributed by atoms with Crippen molar-refractivity contribution in [2.45, 2.75) is 39.5 Å². The van der Waals surface area contributed by atoms with Crippen LogP contribution in [0.5, 0.6) is 5.75 Å². The van der Waals surface area contributed by atoms with Crippen LogP contribution in [0.3, 0.4) is 0 Å². The van der Waals surface area contributed by atoms with E-state index in [0.717, 1.165) is 23.0 Å². The van der Waals surface area contributed by atoms with Crippen LogP contribution in [0.2, 0.25) is 0 Å². The fourth-order valence-electron chi connectivity index (χ4n) is 3.34. The summed E-state index contributed by atoms with van der Waals surface area (Å²) >= 11 is 0. The Hall–Kier alpha value is -2.36. The zero-order valence-electron chi connectivity index (χ0n) is 14.1. The van der Waals surface area contributed by atoms with Crippen molar-refractivity contribution in [3.63, 3.8) is 0 Å². The van der Waals surface area contributed by atoms with Crippen LogP contribution in [-0.4, -0.2) is 20.1 Å². The number of para-hydroxylation sites is 1. The number of nitrogens with zero attached hydrogens (tertiary/aromatic N) is 3. The van der Waals surface area contributed by atoms with Crippen molar-refractivity contribution in [3.05, 3.63) is 48.0 Å². The van der Waals surface area contributed by atoms with E-state index in [4.69, 9.17) is 0 Å². The van der Waals surface area contributed by atoms with Crippen molar-refractivity contribution in [1.82, 2.24) is 15.0 Å². The van der Waals surface area contributed by atoms with Crippen LogP contribution in [0.25, 0.3) is 16.7 Å². The molecule has 1 heterocycles. The SMILES string of the molecule is CC(C)CC(C)(C)c1cccc(-n2nc3ccccc3n2)c1O. The summed E-state index contributed by atoms with van der Waals surface area (Å²) < 4.78 is 0. The summed E-state index contributed by atoms with van der Waals surface area (Å²) in [6.45, 7) is 8.73. The molecule has 1 N–H and O–H groups in total. The number of fused-ring (bicyclic) bond motifs is 1. The molecule has 0 unspecified atom stereocenters. The highest BCUT2D eigenvalue weighted by Gasteiger charge is 2.26. The Balaban J connectivity index is 2.09. The minimum atomic E-state index is -0.110. The van der Waals surface area contributed by atoms with Gasteiger partial charge in [-0.15, -0.1) is 15.0 Å². The van der Waals surface area contributed by atoms with Gasteiger partial charge in [-0.05, 0) is 36.0 Å². The highest BCUT2D eigenvalue weighted by molar-refractivity contribution is 5.73. The van der Waals surface area contributed by atoms with Crippen LogP contribution in [0.15, 0.2) is 42.5 Å².